The van der Waals surface area contributed by atoms with E-state index >= 15 is 0 Å². The van der Waals surface area contributed by atoms with Gasteiger partial charge >= 0.3 is 5.91 Å². The van der Waals surface area contributed by atoms with Crippen LogP contribution in [0.15, 0.2) is 60.1 Å². The first-order valence-corrected chi connectivity index (χ1v) is 11.4. The largest absolute Gasteiger partial charge is 0.493 e. The summed E-state index contributed by atoms with van der Waals surface area (Å²) in [5, 5.41) is 6.16. The van der Waals surface area contributed by atoms with E-state index in [2.05, 4.69) is 22.2 Å². The van der Waals surface area contributed by atoms with Gasteiger partial charge in [-0.05, 0) is 49.1 Å². The van der Waals surface area contributed by atoms with Gasteiger partial charge in [0.15, 0.2) is 23.9 Å². The number of ketones is 1. The number of pyridine rings is 1. The van der Waals surface area contributed by atoms with Gasteiger partial charge in [0.1, 0.15) is 5.92 Å². The van der Waals surface area contributed by atoms with Crippen LogP contribution in [0.25, 0.3) is 0 Å². The number of methoxy groups -OCH3 is 1. The van der Waals surface area contributed by atoms with E-state index in [0.29, 0.717) is 47.0 Å². The fraction of sp³-hybridized carbons (Fsp3) is 0.308. The Morgan fingerprint density at radius 2 is 2.03 bits per heavy atom. The summed E-state index contributed by atoms with van der Waals surface area (Å²) in [6.45, 7) is 5.77. The summed E-state index contributed by atoms with van der Waals surface area (Å²) >= 11 is 0. The normalized spacial score (nSPS) is 19.5. The third-order valence-electron chi connectivity index (χ3n) is 6.20. The van der Waals surface area contributed by atoms with Crippen LogP contribution < -0.4 is 30.8 Å². The van der Waals surface area contributed by atoms with Crippen molar-refractivity contribution in [1.82, 2.24) is 5.32 Å². The maximum atomic E-state index is 13.6. The molecule has 5 N–H and O–H groups in total. The third-order valence-corrected chi connectivity index (χ3v) is 6.20. The molecule has 1 aromatic heterocycles. The first-order valence-electron chi connectivity index (χ1n) is 11.4. The molecule has 182 valence electrons. The fourth-order valence-electron chi connectivity index (χ4n) is 4.67. The lowest BCUT2D eigenvalue weighted by Crippen LogP contribution is -2.43. The number of amides is 2. The molecular weight excluding hydrogens is 448 g/mol. The molecule has 1 aliphatic carbocycles. The predicted octanol–water partition coefficient (Wildman–Crippen LogP) is 2.14. The molecule has 0 radical (unpaired) electrons. The van der Waals surface area contributed by atoms with Crippen LogP contribution in [0.1, 0.15) is 36.3 Å². The van der Waals surface area contributed by atoms with Crippen LogP contribution in [0.2, 0.25) is 0 Å². The molecule has 0 bridgehead atoms. The second kappa shape index (κ2) is 10.0. The number of Topliss-reactive ketones (excluding diaryl/α,β-unsaturated/α-hetero) is 1. The van der Waals surface area contributed by atoms with E-state index in [0.717, 1.165) is 17.7 Å². The summed E-state index contributed by atoms with van der Waals surface area (Å²) < 4.78 is 10.9. The Bertz CT molecular complexity index is 1240. The van der Waals surface area contributed by atoms with Crippen molar-refractivity contribution < 1.29 is 28.8 Å². The quantitative estimate of drug-likeness (QED) is 0.559. The number of carbonyl (C=O) groups excluding carboxylic acids is 3. The number of aromatic nitrogens is 1. The molecule has 2 amide bonds. The number of nitrogens with one attached hydrogen (secondary N) is 3. The Morgan fingerprint density at radius 3 is 2.74 bits per heavy atom. The van der Waals surface area contributed by atoms with E-state index in [-0.39, 0.29) is 18.3 Å². The molecule has 2 heterocycles. The number of aromatic amines is 1. The average Bonchev–Trinajstić information content (AvgIpc) is 2.81. The Morgan fingerprint density at radius 1 is 1.23 bits per heavy atom. The lowest BCUT2D eigenvalue weighted by atomic mass is 9.71. The summed E-state index contributed by atoms with van der Waals surface area (Å²) in [7, 11) is 1.48. The number of anilines is 1. The number of benzene rings is 1. The van der Waals surface area contributed by atoms with Crippen LogP contribution in [0.4, 0.5) is 5.82 Å². The summed E-state index contributed by atoms with van der Waals surface area (Å²) in [6.07, 6.45) is 3.61. The number of H-pyrrole nitrogens is 1. The molecular formula is C26H29N4O5+. The Balaban J connectivity index is 1.77. The van der Waals surface area contributed by atoms with Gasteiger partial charge in [0.2, 0.25) is 0 Å². The van der Waals surface area contributed by atoms with Crippen LogP contribution in [-0.2, 0) is 14.4 Å². The number of primary amides is 1. The molecule has 9 heteroatoms. The number of carbonyl (C=O) groups is 3. The molecule has 0 saturated heterocycles. The first-order chi connectivity index (χ1) is 16.8. The fourth-order valence-corrected chi connectivity index (χ4v) is 4.67. The van der Waals surface area contributed by atoms with Crippen LogP contribution in [0.5, 0.6) is 11.5 Å². The van der Waals surface area contributed by atoms with Crippen molar-refractivity contribution in [3.05, 3.63) is 71.2 Å². The SMILES string of the molecule is C=C1NC2=C(C(=O)CCC2)C(c2ccc(OCC(N)=O)c(OC)c2)C1C(=O)Nc1cc(C)cc[nH+]1. The Kier molecular flexibility index (Phi) is 6.86. The zero-order valence-electron chi connectivity index (χ0n) is 19.8. The Labute approximate surface area is 203 Å². The van der Waals surface area contributed by atoms with Gasteiger partial charge in [-0.2, -0.15) is 0 Å². The van der Waals surface area contributed by atoms with E-state index in [1.165, 1.54) is 7.11 Å². The number of aryl methyl sites for hydroxylation is 1. The van der Waals surface area contributed by atoms with Gasteiger partial charge in [-0.15, -0.1) is 0 Å². The second-order valence-electron chi connectivity index (χ2n) is 8.71. The summed E-state index contributed by atoms with van der Waals surface area (Å²) in [5.41, 5.74) is 8.79. The lowest BCUT2D eigenvalue weighted by Gasteiger charge is -2.37. The van der Waals surface area contributed by atoms with Gasteiger partial charge in [0, 0.05) is 35.4 Å². The number of hydrogen-bond acceptors (Lipinski definition) is 6. The highest BCUT2D eigenvalue weighted by molar-refractivity contribution is 6.02. The van der Waals surface area contributed by atoms with Gasteiger partial charge in [0.05, 0.1) is 13.3 Å². The average molecular weight is 478 g/mol. The van der Waals surface area contributed by atoms with Gasteiger partial charge in [0.25, 0.3) is 11.7 Å². The van der Waals surface area contributed by atoms with Crippen molar-refractivity contribution in [2.24, 2.45) is 11.7 Å². The smallest absolute Gasteiger partial charge is 0.317 e. The molecule has 1 aromatic carbocycles. The van der Waals surface area contributed by atoms with Gasteiger partial charge in [-0.25, -0.2) is 15.1 Å². The summed E-state index contributed by atoms with van der Waals surface area (Å²) in [4.78, 5) is 40.9. The van der Waals surface area contributed by atoms with Crippen molar-refractivity contribution >= 4 is 23.4 Å². The summed E-state index contributed by atoms with van der Waals surface area (Å²) in [6, 6.07) is 8.87. The van der Waals surface area contributed by atoms with Crippen molar-refractivity contribution in [2.45, 2.75) is 32.1 Å². The first kappa shape index (κ1) is 24.0. The molecule has 35 heavy (non-hydrogen) atoms. The molecule has 2 unspecified atom stereocenters. The maximum Gasteiger partial charge on any atom is 0.317 e. The van der Waals surface area contributed by atoms with Crippen molar-refractivity contribution in [1.29, 1.82) is 0 Å². The zero-order valence-corrected chi connectivity index (χ0v) is 19.8. The minimum atomic E-state index is -0.758. The van der Waals surface area contributed by atoms with E-state index in [1.807, 2.05) is 19.1 Å². The van der Waals surface area contributed by atoms with Crippen molar-refractivity contribution in [2.75, 3.05) is 19.0 Å². The van der Waals surface area contributed by atoms with Crippen molar-refractivity contribution in [3.8, 4) is 11.5 Å². The number of hydrogen-bond donors (Lipinski definition) is 3. The van der Waals surface area contributed by atoms with Gasteiger partial charge < -0.3 is 20.5 Å². The van der Waals surface area contributed by atoms with Gasteiger partial charge in [-0.1, -0.05) is 12.6 Å². The van der Waals surface area contributed by atoms with E-state index in [4.69, 9.17) is 15.2 Å². The van der Waals surface area contributed by atoms with E-state index in [9.17, 15) is 14.4 Å². The number of nitrogens with two attached hydrogens (primary N) is 1. The lowest BCUT2D eigenvalue weighted by molar-refractivity contribution is -0.360. The molecule has 2 atom stereocenters. The highest BCUT2D eigenvalue weighted by atomic mass is 16.5. The predicted molar refractivity (Wildman–Crippen MR) is 128 cm³/mol. The zero-order chi connectivity index (χ0) is 25.1. The van der Waals surface area contributed by atoms with Crippen LogP contribution in [0, 0.1) is 12.8 Å². The van der Waals surface area contributed by atoms with Crippen molar-refractivity contribution in [3.63, 3.8) is 0 Å². The molecule has 0 spiro atoms. The van der Waals surface area contributed by atoms with Crippen LogP contribution in [-0.4, -0.2) is 31.3 Å². The molecule has 4 rings (SSSR count). The van der Waals surface area contributed by atoms with Gasteiger partial charge in [-0.3, -0.25) is 9.59 Å². The monoisotopic (exact) mass is 477 g/mol. The third kappa shape index (κ3) is 5.03. The minimum Gasteiger partial charge on any atom is -0.493 e. The molecule has 0 saturated carbocycles. The van der Waals surface area contributed by atoms with E-state index in [1.54, 1.807) is 24.4 Å². The van der Waals surface area contributed by atoms with E-state index < -0.39 is 17.7 Å². The standard InChI is InChI=1S/C26H28N4O5/c1-14-9-10-28-22(11-14)30-26(33)23-15(2)29-17-5-4-6-18(31)25(17)24(23)16-7-8-19(20(12-16)34-3)35-13-21(27)32/h7-12,23-24,29H,2,4-6,13H2,1,3H3,(H2,27,32)(H,28,30,33)/p+1. The topological polar surface area (TPSA) is 134 Å². The second-order valence-corrected chi connectivity index (χ2v) is 8.71. The number of rotatable bonds is 7. The molecule has 1 aliphatic heterocycles. The van der Waals surface area contributed by atoms with Crippen LogP contribution in [0.3, 0.4) is 0 Å². The highest BCUT2D eigenvalue weighted by Gasteiger charge is 2.45. The maximum absolute atomic E-state index is 13.6. The molecule has 0 fully saturated rings. The molecule has 2 aromatic rings. The summed E-state index contributed by atoms with van der Waals surface area (Å²) in [5.74, 6) is -0.993. The molecule has 9 nitrogen and oxygen atoms in total. The number of ether oxygens (including phenoxy) is 2. The van der Waals surface area contributed by atoms with Crippen LogP contribution >= 0.6 is 0 Å². The minimum absolute atomic E-state index is 0.00388. The Hall–Kier alpha value is -4.14. The highest BCUT2D eigenvalue weighted by Crippen LogP contribution is 2.45. The number of allylic oxidation sites excluding steroid dienone is 2. The molecule has 2 aliphatic rings.